The molecule has 1 aromatic rings. The Hall–Kier alpha value is -1.85. The van der Waals surface area contributed by atoms with E-state index in [0.717, 1.165) is 25.1 Å². The zero-order valence-corrected chi connectivity index (χ0v) is 15.6. The van der Waals surface area contributed by atoms with Crippen molar-refractivity contribution in [1.29, 1.82) is 0 Å². The number of para-hydroxylation sites is 1. The highest BCUT2D eigenvalue weighted by atomic mass is 16.5. The van der Waals surface area contributed by atoms with Gasteiger partial charge in [-0.2, -0.15) is 0 Å². The molecule has 0 N–H and O–H groups in total. The highest BCUT2D eigenvalue weighted by Gasteiger charge is 2.80. The first-order valence-electron chi connectivity index (χ1n) is 10.4. The molecule has 6 atom stereocenters. The molecule has 6 aliphatic rings. The number of hydrogen-bond donors (Lipinski definition) is 0. The van der Waals surface area contributed by atoms with Crippen LogP contribution in [0.5, 0.6) is 0 Å². The number of carbonyl (C=O) groups excluding carboxylic acids is 1. The average molecular weight is 364 g/mol. The van der Waals surface area contributed by atoms with Crippen molar-refractivity contribution in [2.24, 2.45) is 11.8 Å². The number of amides is 1. The molecule has 27 heavy (non-hydrogen) atoms. The fourth-order valence-corrected chi connectivity index (χ4v) is 7.86. The van der Waals surface area contributed by atoms with Crippen molar-refractivity contribution in [2.75, 3.05) is 24.7 Å². The van der Waals surface area contributed by atoms with Gasteiger partial charge in [0.15, 0.2) is 5.72 Å². The number of rotatable bonds is 2. The van der Waals surface area contributed by atoms with Crippen LogP contribution in [0.2, 0.25) is 0 Å². The first-order valence-corrected chi connectivity index (χ1v) is 10.4. The van der Waals surface area contributed by atoms with Crippen molar-refractivity contribution in [3.05, 3.63) is 41.6 Å². The first-order chi connectivity index (χ1) is 13.2. The number of fused-ring (bicyclic) bond motifs is 2. The number of carbonyl (C=O) groups is 1. The van der Waals surface area contributed by atoms with Crippen LogP contribution in [0.15, 0.2) is 36.0 Å². The SMILES string of the molecule is CCOC12CC3C4=CCOC5CC(=O)N6c7ccccc7[C@@]1(CCN42)[C@@H]6C53. The second-order valence-corrected chi connectivity index (χ2v) is 8.91. The number of nitrogens with zero attached hydrogens (tertiary/aromatic N) is 2. The fourth-order valence-electron chi connectivity index (χ4n) is 7.86. The monoisotopic (exact) mass is 364 g/mol. The van der Waals surface area contributed by atoms with E-state index in [1.165, 1.54) is 11.3 Å². The lowest BCUT2D eigenvalue weighted by molar-refractivity contribution is -0.178. The molecule has 6 bridgehead atoms. The zero-order chi connectivity index (χ0) is 18.0. The zero-order valence-electron chi connectivity index (χ0n) is 15.6. The Morgan fingerprint density at radius 2 is 2.22 bits per heavy atom. The highest BCUT2D eigenvalue weighted by Crippen LogP contribution is 2.72. The van der Waals surface area contributed by atoms with E-state index in [-0.39, 0.29) is 29.2 Å². The Bertz CT molecular complexity index is 913. The lowest BCUT2D eigenvalue weighted by Gasteiger charge is -2.56. The highest BCUT2D eigenvalue weighted by molar-refractivity contribution is 5.99. The molecule has 0 aliphatic carbocycles. The van der Waals surface area contributed by atoms with Gasteiger partial charge in [0.2, 0.25) is 5.91 Å². The van der Waals surface area contributed by atoms with E-state index in [2.05, 4.69) is 47.1 Å². The van der Waals surface area contributed by atoms with E-state index >= 15 is 0 Å². The Morgan fingerprint density at radius 3 is 3.11 bits per heavy atom. The number of ether oxygens (including phenoxy) is 2. The van der Waals surface area contributed by atoms with Crippen LogP contribution in [0, 0.1) is 11.8 Å². The number of allylic oxidation sites excluding steroid dienone is 1. The van der Waals surface area contributed by atoms with Crippen LogP contribution in [0.3, 0.4) is 0 Å². The minimum absolute atomic E-state index is 0.0314. The van der Waals surface area contributed by atoms with Gasteiger partial charge in [0.05, 0.1) is 30.6 Å². The maximum absolute atomic E-state index is 13.3. The van der Waals surface area contributed by atoms with Crippen LogP contribution in [-0.2, 0) is 19.7 Å². The Balaban J connectivity index is 1.59. The molecule has 5 heteroatoms. The van der Waals surface area contributed by atoms with Crippen molar-refractivity contribution < 1.29 is 14.3 Å². The van der Waals surface area contributed by atoms with E-state index in [4.69, 9.17) is 9.47 Å². The number of piperidine rings is 1. The Kier molecular flexibility index (Phi) is 2.57. The first kappa shape index (κ1) is 15.1. The van der Waals surface area contributed by atoms with Gasteiger partial charge in [-0.3, -0.25) is 4.79 Å². The molecular weight excluding hydrogens is 340 g/mol. The third-order valence-electron chi connectivity index (χ3n) is 8.37. The maximum atomic E-state index is 13.3. The topological polar surface area (TPSA) is 42.0 Å². The molecule has 0 radical (unpaired) electrons. The minimum Gasteiger partial charge on any atom is -0.373 e. The smallest absolute Gasteiger partial charge is 0.229 e. The third-order valence-corrected chi connectivity index (χ3v) is 8.37. The largest absolute Gasteiger partial charge is 0.373 e. The van der Waals surface area contributed by atoms with Crippen molar-refractivity contribution in [3.8, 4) is 0 Å². The fraction of sp³-hybridized carbons (Fsp3) is 0.591. The quantitative estimate of drug-likeness (QED) is 0.808. The second-order valence-electron chi connectivity index (χ2n) is 8.91. The molecule has 4 fully saturated rings. The summed E-state index contributed by atoms with van der Waals surface area (Å²) >= 11 is 0. The van der Waals surface area contributed by atoms with Gasteiger partial charge in [0, 0.05) is 42.8 Å². The maximum Gasteiger partial charge on any atom is 0.229 e. The van der Waals surface area contributed by atoms with E-state index in [9.17, 15) is 4.79 Å². The van der Waals surface area contributed by atoms with Crippen LogP contribution in [0.25, 0.3) is 0 Å². The van der Waals surface area contributed by atoms with E-state index in [1.54, 1.807) is 0 Å². The summed E-state index contributed by atoms with van der Waals surface area (Å²) in [5.41, 5.74) is 3.41. The molecule has 4 saturated heterocycles. The predicted octanol–water partition coefficient (Wildman–Crippen LogP) is 2.41. The predicted molar refractivity (Wildman–Crippen MR) is 99.1 cm³/mol. The van der Waals surface area contributed by atoms with Crippen molar-refractivity contribution in [3.63, 3.8) is 0 Å². The summed E-state index contributed by atoms with van der Waals surface area (Å²) in [7, 11) is 0. The number of hydrogen-bond acceptors (Lipinski definition) is 4. The van der Waals surface area contributed by atoms with Crippen LogP contribution >= 0.6 is 0 Å². The van der Waals surface area contributed by atoms with Gasteiger partial charge < -0.3 is 19.3 Å². The van der Waals surface area contributed by atoms with E-state index < -0.39 is 0 Å². The normalized spacial score (nSPS) is 45.1. The van der Waals surface area contributed by atoms with Crippen molar-refractivity contribution >= 4 is 11.6 Å². The molecule has 1 spiro atoms. The average Bonchev–Trinajstić information content (AvgIpc) is 3.20. The number of anilines is 1. The van der Waals surface area contributed by atoms with Gasteiger partial charge in [-0.15, -0.1) is 0 Å². The molecule has 0 saturated carbocycles. The van der Waals surface area contributed by atoms with Gasteiger partial charge in [0.25, 0.3) is 0 Å². The summed E-state index contributed by atoms with van der Waals surface area (Å²) in [5.74, 6) is 1.02. The Morgan fingerprint density at radius 1 is 1.33 bits per heavy atom. The summed E-state index contributed by atoms with van der Waals surface area (Å²) < 4.78 is 13.0. The van der Waals surface area contributed by atoms with Gasteiger partial charge >= 0.3 is 0 Å². The van der Waals surface area contributed by atoms with Gasteiger partial charge in [-0.25, -0.2) is 0 Å². The summed E-state index contributed by atoms with van der Waals surface area (Å²) in [6.45, 7) is 4.43. The Labute approximate surface area is 158 Å². The van der Waals surface area contributed by atoms with Gasteiger partial charge in [0.1, 0.15) is 0 Å². The van der Waals surface area contributed by atoms with Crippen molar-refractivity contribution in [2.45, 2.75) is 49.5 Å². The van der Waals surface area contributed by atoms with Crippen LogP contribution in [0.1, 0.15) is 31.7 Å². The molecule has 0 aromatic heterocycles. The molecule has 6 aliphatic heterocycles. The van der Waals surface area contributed by atoms with Crippen LogP contribution < -0.4 is 4.90 Å². The molecule has 140 valence electrons. The molecule has 1 amide bonds. The second kappa shape index (κ2) is 4.58. The van der Waals surface area contributed by atoms with E-state index in [0.29, 0.717) is 31.5 Å². The molecular formula is C22H24N2O3. The van der Waals surface area contributed by atoms with Crippen LogP contribution in [-0.4, -0.2) is 48.4 Å². The molecule has 5 nitrogen and oxygen atoms in total. The lowest BCUT2D eigenvalue weighted by atomic mass is 9.55. The summed E-state index contributed by atoms with van der Waals surface area (Å²) in [6.07, 6.45) is 4.90. The minimum atomic E-state index is -0.316. The molecule has 1 aromatic carbocycles. The summed E-state index contributed by atoms with van der Waals surface area (Å²) in [6, 6.07) is 8.75. The van der Waals surface area contributed by atoms with E-state index in [1.807, 2.05) is 0 Å². The third kappa shape index (κ3) is 1.37. The van der Waals surface area contributed by atoms with Gasteiger partial charge in [-0.05, 0) is 31.1 Å². The van der Waals surface area contributed by atoms with Gasteiger partial charge in [-0.1, -0.05) is 18.2 Å². The standard InChI is InChI=1S/C22H24N2O3/c1-2-27-22-12-13-15-7-10-26-17-11-18(25)24-16-6-4-3-5-14(16)21(22,8-9-23(15)22)20(24)19(13)17/h3-7,13,17,19-20H,2,8-12H2,1H3/t13?,17?,19?,20-,21-,22?/m0/s1. The van der Waals surface area contributed by atoms with Crippen LogP contribution in [0.4, 0.5) is 5.69 Å². The molecule has 6 heterocycles. The summed E-state index contributed by atoms with van der Waals surface area (Å²) in [5, 5.41) is 0. The molecule has 4 unspecified atom stereocenters. The summed E-state index contributed by atoms with van der Waals surface area (Å²) in [4.78, 5) is 18.0. The van der Waals surface area contributed by atoms with Crippen molar-refractivity contribution in [1.82, 2.24) is 4.90 Å². The molecule has 7 rings (SSSR count). The lowest BCUT2D eigenvalue weighted by Crippen LogP contribution is -2.70. The number of benzene rings is 1.